The summed E-state index contributed by atoms with van der Waals surface area (Å²) in [5, 5.41) is 7.79. The van der Waals surface area contributed by atoms with E-state index in [0.29, 0.717) is 6.79 Å². The summed E-state index contributed by atoms with van der Waals surface area (Å²) in [5.74, 6) is 1.47. The monoisotopic (exact) mass is 396 g/mol. The number of ether oxygens (including phenoxy) is 2. The molecular weight excluding hydrogens is 364 g/mol. The number of benzene rings is 1. The van der Waals surface area contributed by atoms with Crippen LogP contribution in [0.1, 0.15) is 57.9 Å². The van der Waals surface area contributed by atoms with Gasteiger partial charge in [0.1, 0.15) is 0 Å². The maximum absolute atomic E-state index is 12.3. The molecule has 27 heavy (non-hydrogen) atoms. The van der Waals surface area contributed by atoms with E-state index in [2.05, 4.69) is 20.4 Å². The molecule has 1 aromatic rings. The molecule has 0 saturated carbocycles. The smallest absolute Gasteiger partial charge is 0.327 e. The molecule has 0 radical (unpaired) electrons. The van der Waals surface area contributed by atoms with E-state index in [0.717, 1.165) is 36.2 Å². The highest BCUT2D eigenvalue weighted by Crippen LogP contribution is 2.33. The number of hydrogen-bond acceptors (Lipinski definition) is 4. The second-order valence-electron chi connectivity index (χ2n) is 6.60. The second kappa shape index (κ2) is 13.4. The predicted octanol–water partition coefficient (Wildman–Crippen LogP) is 4.71. The van der Waals surface area contributed by atoms with Crippen molar-refractivity contribution in [3.63, 3.8) is 0 Å². The predicted molar refractivity (Wildman–Crippen MR) is 110 cm³/mol. The molecule has 152 valence electrons. The van der Waals surface area contributed by atoms with Crippen LogP contribution in [-0.2, 0) is 22.0 Å². The Morgan fingerprint density at radius 2 is 1.85 bits per heavy atom. The first-order valence-electron chi connectivity index (χ1n) is 9.59. The van der Waals surface area contributed by atoms with E-state index >= 15 is 0 Å². The molecule has 0 bridgehead atoms. The normalized spacial score (nSPS) is 14.0. The van der Waals surface area contributed by atoms with Gasteiger partial charge in [0.15, 0.2) is 11.5 Å². The van der Waals surface area contributed by atoms with E-state index in [4.69, 9.17) is 14.6 Å². The Kier molecular flexibility index (Phi) is 11.5. The Morgan fingerprint density at radius 1 is 1.22 bits per heavy atom. The van der Waals surface area contributed by atoms with Gasteiger partial charge in [-0.15, -0.1) is 0 Å². The summed E-state index contributed by atoms with van der Waals surface area (Å²) in [6.07, 6.45) is 9.16. The number of carboxylic acid groups (broad SMARTS) is 1. The molecule has 5 nitrogen and oxygen atoms in total. The number of fused-ring (bicyclic) bond motifs is 1. The minimum absolute atomic E-state index is 0.191. The fourth-order valence-electron chi connectivity index (χ4n) is 2.72. The summed E-state index contributed by atoms with van der Waals surface area (Å²) in [4.78, 5) is 9.25. The van der Waals surface area contributed by atoms with Crippen molar-refractivity contribution in [3.05, 3.63) is 36.4 Å². The van der Waals surface area contributed by atoms with Crippen molar-refractivity contribution < 1.29 is 23.6 Å². The van der Waals surface area contributed by atoms with Gasteiger partial charge >= 0.3 is 5.97 Å². The largest absolute Gasteiger partial charge is 0.478 e. The lowest BCUT2D eigenvalue weighted by molar-refractivity contribution is -0.131. The molecule has 2 atom stereocenters. The Morgan fingerprint density at radius 3 is 2.52 bits per heavy atom. The average Bonchev–Trinajstić information content (AvgIpc) is 3.12. The van der Waals surface area contributed by atoms with Gasteiger partial charge in [-0.1, -0.05) is 58.6 Å². The lowest BCUT2D eigenvalue weighted by atomic mass is 10.1. The molecule has 0 amide bonds. The third-order valence-electron chi connectivity index (χ3n) is 4.28. The molecule has 1 N–H and O–H groups in total. The number of aliphatic carboxylic acids is 1. The summed E-state index contributed by atoms with van der Waals surface area (Å²) in [5.41, 5.74) is 1.17. The summed E-state index contributed by atoms with van der Waals surface area (Å²) in [7, 11) is -0.743. The Balaban J connectivity index is 0.000000646. The fourth-order valence-corrected chi connectivity index (χ4v) is 3.99. The first kappa shape index (κ1) is 23.2. The third-order valence-corrected chi connectivity index (χ3v) is 6.04. The van der Waals surface area contributed by atoms with E-state index in [-0.39, 0.29) is 5.25 Å². The number of hydrogen-bond donors (Lipinski definition) is 1. The lowest BCUT2D eigenvalue weighted by Gasteiger charge is -2.12. The van der Waals surface area contributed by atoms with Crippen LogP contribution >= 0.6 is 0 Å². The highest BCUT2D eigenvalue weighted by Gasteiger charge is 2.16. The zero-order chi connectivity index (χ0) is 20.1. The van der Waals surface area contributed by atoms with Crippen LogP contribution in [0, 0.1) is 0 Å². The van der Waals surface area contributed by atoms with Gasteiger partial charge in [-0.05, 0) is 30.5 Å². The number of carboxylic acids is 1. The molecule has 0 fully saturated rings. The van der Waals surface area contributed by atoms with Crippen molar-refractivity contribution in [3.8, 4) is 11.5 Å². The molecule has 0 aromatic heterocycles. The van der Waals surface area contributed by atoms with Gasteiger partial charge in [0, 0.05) is 27.9 Å². The number of unbranched alkanes of at least 4 members (excludes halogenated alkanes) is 5. The van der Waals surface area contributed by atoms with Gasteiger partial charge in [0.25, 0.3) is 0 Å². The first-order chi connectivity index (χ1) is 13.0. The van der Waals surface area contributed by atoms with Crippen molar-refractivity contribution in [2.45, 2.75) is 64.0 Å². The molecule has 0 aliphatic carbocycles. The topological polar surface area (TPSA) is 72.8 Å². The van der Waals surface area contributed by atoms with Crippen molar-refractivity contribution in [2.24, 2.45) is 0 Å². The molecule has 6 heteroatoms. The number of carbonyl (C=O) groups is 1. The van der Waals surface area contributed by atoms with Gasteiger partial charge < -0.3 is 14.6 Å². The minimum atomic E-state index is -0.981. The van der Waals surface area contributed by atoms with Gasteiger partial charge in [-0.3, -0.25) is 4.21 Å². The van der Waals surface area contributed by atoms with E-state index in [9.17, 15) is 9.00 Å². The maximum Gasteiger partial charge on any atom is 0.327 e. The summed E-state index contributed by atoms with van der Waals surface area (Å²) >= 11 is 0. The Labute approximate surface area is 165 Å². The van der Waals surface area contributed by atoms with Crippen LogP contribution in [-0.4, -0.2) is 33.1 Å². The Hall–Kier alpha value is -1.82. The van der Waals surface area contributed by atoms with Crippen LogP contribution in [0.25, 0.3) is 0 Å². The first-order valence-corrected chi connectivity index (χ1v) is 11.0. The molecule has 1 aromatic carbocycles. The molecule has 1 aliphatic heterocycles. The zero-order valence-corrected chi connectivity index (χ0v) is 17.3. The fraction of sp³-hybridized carbons (Fsp3) is 0.571. The Bertz CT molecular complexity index is 615. The van der Waals surface area contributed by atoms with E-state index in [1.807, 2.05) is 18.2 Å². The zero-order valence-electron chi connectivity index (χ0n) is 16.4. The van der Waals surface area contributed by atoms with Crippen molar-refractivity contribution in [1.29, 1.82) is 0 Å². The standard InChI is InChI=1S/C18H28O3S.C3H4O2/c1-3-4-5-6-7-8-11-22(19)15(2)12-16-9-10-17-18(13-16)21-14-20-17;1-2-3(4)5/h9-10,13,15H,3-8,11-12,14H2,1-2H3;2H,1H2,(H,4,5). The van der Waals surface area contributed by atoms with Crippen LogP contribution in [0.2, 0.25) is 0 Å². The third kappa shape index (κ3) is 9.61. The number of rotatable bonds is 11. The highest BCUT2D eigenvalue weighted by molar-refractivity contribution is 7.85. The molecule has 2 rings (SSSR count). The van der Waals surface area contributed by atoms with Crippen LogP contribution < -0.4 is 9.47 Å². The summed E-state index contributed by atoms with van der Waals surface area (Å²) in [6.45, 7) is 7.57. The van der Waals surface area contributed by atoms with Gasteiger partial charge in [-0.2, -0.15) is 0 Å². The van der Waals surface area contributed by atoms with E-state index in [1.54, 1.807) is 0 Å². The average molecular weight is 397 g/mol. The molecule has 0 saturated heterocycles. The SMILES string of the molecule is C=CC(=O)O.CCCCCCCCS(=O)C(C)Cc1ccc2c(c1)OCO2. The summed E-state index contributed by atoms with van der Waals surface area (Å²) < 4.78 is 23.0. The van der Waals surface area contributed by atoms with Crippen LogP contribution in [0.5, 0.6) is 11.5 Å². The highest BCUT2D eigenvalue weighted by atomic mass is 32.2. The van der Waals surface area contributed by atoms with E-state index < -0.39 is 16.8 Å². The quantitative estimate of drug-likeness (QED) is 0.433. The van der Waals surface area contributed by atoms with E-state index in [1.165, 1.54) is 37.7 Å². The van der Waals surface area contributed by atoms with Crippen molar-refractivity contribution in [2.75, 3.05) is 12.5 Å². The molecular formula is C21H32O5S. The van der Waals surface area contributed by atoms with Crippen LogP contribution in [0.3, 0.4) is 0 Å². The maximum atomic E-state index is 12.3. The summed E-state index contributed by atoms with van der Waals surface area (Å²) in [6, 6.07) is 6.01. The molecule has 1 heterocycles. The van der Waals surface area contributed by atoms with Crippen molar-refractivity contribution >= 4 is 16.8 Å². The molecule has 2 unspecified atom stereocenters. The van der Waals surface area contributed by atoms with Gasteiger partial charge in [0.2, 0.25) is 6.79 Å². The minimum Gasteiger partial charge on any atom is -0.478 e. The van der Waals surface area contributed by atoms with Gasteiger partial charge in [0.05, 0.1) is 0 Å². The second-order valence-corrected chi connectivity index (χ2v) is 8.57. The van der Waals surface area contributed by atoms with Gasteiger partial charge in [-0.25, -0.2) is 4.79 Å². The van der Waals surface area contributed by atoms with Crippen molar-refractivity contribution in [1.82, 2.24) is 0 Å². The lowest BCUT2D eigenvalue weighted by Crippen LogP contribution is -2.16. The molecule has 0 spiro atoms. The van der Waals surface area contributed by atoms with Crippen LogP contribution in [0.15, 0.2) is 30.9 Å². The molecule has 1 aliphatic rings. The van der Waals surface area contributed by atoms with Crippen LogP contribution in [0.4, 0.5) is 0 Å².